The van der Waals surface area contributed by atoms with Crippen molar-refractivity contribution in [3.63, 3.8) is 0 Å². The Kier molecular flexibility index (Phi) is 8.98. The van der Waals surface area contributed by atoms with Gasteiger partial charge in [0.25, 0.3) is 0 Å². The van der Waals surface area contributed by atoms with Gasteiger partial charge in [-0.2, -0.15) is 0 Å². The largest absolute Gasteiger partial charge is 0.374 e. The Morgan fingerprint density at radius 2 is 2.09 bits per heavy atom. The van der Waals surface area contributed by atoms with E-state index in [2.05, 4.69) is 32.7 Å². The van der Waals surface area contributed by atoms with Gasteiger partial charge in [-0.3, -0.25) is 4.99 Å². The zero-order valence-electron chi connectivity index (χ0n) is 13.8. The number of nitrogens with zero attached hydrogens (tertiary/aromatic N) is 2. The number of hydrogen-bond donors (Lipinski definition) is 2. The number of halogens is 2. The molecule has 1 aromatic carbocycles. The topological polar surface area (TPSA) is 39.7 Å². The second-order valence-electron chi connectivity index (χ2n) is 5.54. The number of hydrogen-bond acceptors (Lipinski definition) is 2. The van der Waals surface area contributed by atoms with Crippen LogP contribution in [0.15, 0.2) is 41.4 Å². The Morgan fingerprint density at radius 3 is 2.74 bits per heavy atom. The summed E-state index contributed by atoms with van der Waals surface area (Å²) in [4.78, 5) is 6.30. The highest BCUT2D eigenvalue weighted by Crippen LogP contribution is 2.13. The van der Waals surface area contributed by atoms with E-state index in [4.69, 9.17) is 0 Å². The monoisotopic (exact) mass is 432 g/mol. The molecule has 0 radical (unpaired) electrons. The summed E-state index contributed by atoms with van der Waals surface area (Å²) < 4.78 is 13.2. The standard InChI is InChI=1S/C17H25FN4.HI/c1-19-17(21-15-8-3-4-9-15)20-11-6-12-22(2)16-10-5-7-14(18)13-16;/h3-5,7,10,13,15H,6,8-9,11-12H2,1-2H3,(H2,19,20,21);1H. The Labute approximate surface area is 155 Å². The summed E-state index contributed by atoms with van der Waals surface area (Å²) in [6.45, 7) is 1.69. The summed E-state index contributed by atoms with van der Waals surface area (Å²) in [6, 6.07) is 7.14. The lowest BCUT2D eigenvalue weighted by Crippen LogP contribution is -2.43. The van der Waals surface area contributed by atoms with E-state index in [1.54, 1.807) is 19.2 Å². The first-order chi connectivity index (χ1) is 10.7. The van der Waals surface area contributed by atoms with Gasteiger partial charge in [0.2, 0.25) is 0 Å². The van der Waals surface area contributed by atoms with Crippen LogP contribution in [0.3, 0.4) is 0 Å². The molecule has 6 heteroatoms. The molecular formula is C17H26FIN4. The van der Waals surface area contributed by atoms with E-state index in [1.807, 2.05) is 13.1 Å². The molecule has 0 amide bonds. The van der Waals surface area contributed by atoms with Crippen molar-refractivity contribution >= 4 is 35.6 Å². The molecule has 0 fully saturated rings. The smallest absolute Gasteiger partial charge is 0.191 e. The first-order valence-corrected chi connectivity index (χ1v) is 7.78. The van der Waals surface area contributed by atoms with Gasteiger partial charge < -0.3 is 15.5 Å². The average molecular weight is 432 g/mol. The third-order valence-electron chi connectivity index (χ3n) is 3.78. The van der Waals surface area contributed by atoms with E-state index in [9.17, 15) is 4.39 Å². The third-order valence-corrected chi connectivity index (χ3v) is 3.78. The van der Waals surface area contributed by atoms with E-state index < -0.39 is 0 Å². The van der Waals surface area contributed by atoms with Crippen LogP contribution in [0.5, 0.6) is 0 Å². The second kappa shape index (κ2) is 10.5. The molecule has 4 nitrogen and oxygen atoms in total. The minimum Gasteiger partial charge on any atom is -0.374 e. The minimum absolute atomic E-state index is 0. The number of anilines is 1. The van der Waals surface area contributed by atoms with Crippen LogP contribution in [0.1, 0.15) is 19.3 Å². The van der Waals surface area contributed by atoms with Gasteiger partial charge in [0.15, 0.2) is 5.96 Å². The summed E-state index contributed by atoms with van der Waals surface area (Å²) in [5.41, 5.74) is 0.902. The highest BCUT2D eigenvalue weighted by Gasteiger charge is 2.11. The molecule has 1 aromatic rings. The van der Waals surface area contributed by atoms with E-state index in [0.717, 1.165) is 44.0 Å². The molecule has 0 unspecified atom stereocenters. The van der Waals surface area contributed by atoms with Crippen molar-refractivity contribution in [2.24, 2.45) is 4.99 Å². The summed E-state index contributed by atoms with van der Waals surface area (Å²) in [5.74, 6) is 0.652. The molecule has 0 aromatic heterocycles. The molecule has 0 saturated heterocycles. The quantitative estimate of drug-likeness (QED) is 0.239. The van der Waals surface area contributed by atoms with E-state index in [1.165, 1.54) is 6.07 Å². The zero-order chi connectivity index (χ0) is 15.8. The molecular weight excluding hydrogens is 406 g/mol. The zero-order valence-corrected chi connectivity index (χ0v) is 16.1. The van der Waals surface area contributed by atoms with Crippen LogP contribution >= 0.6 is 24.0 Å². The fourth-order valence-electron chi connectivity index (χ4n) is 2.49. The molecule has 0 aliphatic heterocycles. The number of guanidine groups is 1. The van der Waals surface area contributed by atoms with Crippen LogP contribution in [-0.4, -0.2) is 39.2 Å². The van der Waals surface area contributed by atoms with Gasteiger partial charge in [0.1, 0.15) is 5.82 Å². The molecule has 23 heavy (non-hydrogen) atoms. The SMILES string of the molecule is CN=C(NCCCN(C)c1cccc(F)c1)NC1CC=CC1.I. The van der Waals surface area contributed by atoms with Crippen molar-refractivity contribution in [1.29, 1.82) is 0 Å². The van der Waals surface area contributed by atoms with Crippen LogP contribution < -0.4 is 15.5 Å². The van der Waals surface area contributed by atoms with Crippen molar-refractivity contribution < 1.29 is 4.39 Å². The van der Waals surface area contributed by atoms with Crippen LogP contribution in [0.4, 0.5) is 10.1 Å². The molecule has 0 spiro atoms. The molecule has 1 aliphatic carbocycles. The Balaban J connectivity index is 0.00000264. The van der Waals surface area contributed by atoms with Gasteiger partial charge >= 0.3 is 0 Å². The third kappa shape index (κ3) is 6.76. The molecule has 1 aliphatic rings. The minimum atomic E-state index is -0.197. The predicted octanol–water partition coefficient (Wildman–Crippen LogP) is 3.15. The van der Waals surface area contributed by atoms with Crippen LogP contribution in [0.2, 0.25) is 0 Å². The predicted molar refractivity (Wildman–Crippen MR) is 106 cm³/mol. The molecule has 2 rings (SSSR count). The van der Waals surface area contributed by atoms with Crippen molar-refractivity contribution in [3.8, 4) is 0 Å². The van der Waals surface area contributed by atoms with Crippen molar-refractivity contribution in [2.45, 2.75) is 25.3 Å². The van der Waals surface area contributed by atoms with Gasteiger partial charge in [-0.1, -0.05) is 18.2 Å². The molecule has 0 saturated carbocycles. The fraction of sp³-hybridized carbons (Fsp3) is 0.471. The van der Waals surface area contributed by atoms with Crippen LogP contribution in [0.25, 0.3) is 0 Å². The highest BCUT2D eigenvalue weighted by atomic mass is 127. The maximum atomic E-state index is 13.2. The number of rotatable bonds is 6. The number of nitrogens with one attached hydrogen (secondary N) is 2. The van der Waals surface area contributed by atoms with E-state index in [-0.39, 0.29) is 29.8 Å². The van der Waals surface area contributed by atoms with Gasteiger partial charge in [-0.05, 0) is 37.5 Å². The van der Waals surface area contributed by atoms with Gasteiger partial charge in [-0.15, -0.1) is 24.0 Å². The highest BCUT2D eigenvalue weighted by molar-refractivity contribution is 14.0. The van der Waals surface area contributed by atoms with Gasteiger partial charge in [-0.25, -0.2) is 4.39 Å². The van der Waals surface area contributed by atoms with Crippen molar-refractivity contribution in [1.82, 2.24) is 10.6 Å². The lowest BCUT2D eigenvalue weighted by molar-refractivity contribution is 0.624. The first-order valence-electron chi connectivity index (χ1n) is 7.78. The molecule has 0 bridgehead atoms. The Hall–Kier alpha value is -1.31. The van der Waals surface area contributed by atoms with Crippen molar-refractivity contribution in [2.75, 3.05) is 32.1 Å². The van der Waals surface area contributed by atoms with Crippen LogP contribution in [0, 0.1) is 5.82 Å². The summed E-state index contributed by atoms with van der Waals surface area (Å²) in [6.07, 6.45) is 7.46. The Bertz CT molecular complexity index is 525. The molecule has 2 N–H and O–H groups in total. The lowest BCUT2D eigenvalue weighted by Gasteiger charge is -2.20. The maximum absolute atomic E-state index is 13.2. The summed E-state index contributed by atoms with van der Waals surface area (Å²) in [7, 11) is 3.77. The lowest BCUT2D eigenvalue weighted by atomic mass is 10.2. The summed E-state index contributed by atoms with van der Waals surface area (Å²) >= 11 is 0. The fourth-order valence-corrected chi connectivity index (χ4v) is 2.49. The van der Waals surface area contributed by atoms with E-state index >= 15 is 0 Å². The first kappa shape index (κ1) is 19.7. The van der Waals surface area contributed by atoms with Crippen LogP contribution in [-0.2, 0) is 0 Å². The molecule has 128 valence electrons. The van der Waals surface area contributed by atoms with Gasteiger partial charge in [0.05, 0.1) is 0 Å². The van der Waals surface area contributed by atoms with Gasteiger partial charge in [0, 0.05) is 38.9 Å². The normalized spacial score (nSPS) is 14.5. The molecule has 0 heterocycles. The van der Waals surface area contributed by atoms with E-state index in [0.29, 0.717) is 6.04 Å². The molecule has 0 atom stereocenters. The maximum Gasteiger partial charge on any atom is 0.191 e. The van der Waals surface area contributed by atoms with Crippen molar-refractivity contribution in [3.05, 3.63) is 42.2 Å². The Morgan fingerprint density at radius 1 is 1.35 bits per heavy atom. The number of benzene rings is 1. The summed E-state index contributed by atoms with van der Waals surface area (Å²) in [5, 5.41) is 6.73. The number of aliphatic imine (C=N–C) groups is 1. The average Bonchev–Trinajstić information content (AvgIpc) is 3.03. The second-order valence-corrected chi connectivity index (χ2v) is 5.54.